The zero-order valence-corrected chi connectivity index (χ0v) is 16.7. The number of nitrogens with zero attached hydrogens (tertiary/aromatic N) is 1. The Morgan fingerprint density at radius 3 is 2.55 bits per heavy atom. The summed E-state index contributed by atoms with van der Waals surface area (Å²) >= 11 is 0. The van der Waals surface area contributed by atoms with Crippen LogP contribution >= 0.6 is 0 Å². The third kappa shape index (κ3) is 3.97. The van der Waals surface area contributed by atoms with E-state index >= 15 is 0 Å². The van der Waals surface area contributed by atoms with Crippen molar-refractivity contribution < 1.29 is 14.3 Å². The summed E-state index contributed by atoms with van der Waals surface area (Å²) in [5.41, 5.74) is 2.26. The zero-order valence-electron chi connectivity index (χ0n) is 16.7. The van der Waals surface area contributed by atoms with Gasteiger partial charge >= 0.3 is 0 Å². The summed E-state index contributed by atoms with van der Waals surface area (Å²) in [6.45, 7) is 2.29. The van der Waals surface area contributed by atoms with E-state index in [1.54, 1.807) is 0 Å². The van der Waals surface area contributed by atoms with Crippen molar-refractivity contribution in [1.29, 1.82) is 0 Å². The minimum atomic E-state index is -0.264. The van der Waals surface area contributed by atoms with E-state index in [0.29, 0.717) is 19.3 Å². The lowest BCUT2D eigenvalue weighted by Gasteiger charge is -2.33. The molecule has 2 fully saturated rings. The van der Waals surface area contributed by atoms with Crippen molar-refractivity contribution in [2.75, 3.05) is 19.8 Å². The summed E-state index contributed by atoms with van der Waals surface area (Å²) < 4.78 is 11.7. The van der Waals surface area contributed by atoms with E-state index in [9.17, 15) is 4.79 Å². The van der Waals surface area contributed by atoms with Crippen molar-refractivity contribution in [2.24, 2.45) is 0 Å². The second kappa shape index (κ2) is 8.07. The molecule has 2 heterocycles. The Labute approximate surface area is 172 Å². The monoisotopic (exact) mass is 392 g/mol. The maximum atomic E-state index is 13.2. The fourth-order valence-corrected chi connectivity index (χ4v) is 4.48. The first-order chi connectivity index (χ1) is 14.3. The molecule has 3 aliphatic rings. The van der Waals surface area contributed by atoms with Crippen LogP contribution in [0.1, 0.15) is 55.3 Å². The largest absolute Gasteiger partial charge is 0.490 e. The van der Waals surface area contributed by atoms with E-state index < -0.39 is 0 Å². The molecule has 29 heavy (non-hydrogen) atoms. The molecule has 1 saturated carbocycles. The van der Waals surface area contributed by atoms with E-state index in [-0.39, 0.29) is 18.0 Å². The number of carbonyl (C=O) groups is 1. The average molecular weight is 392 g/mol. The van der Waals surface area contributed by atoms with Crippen LogP contribution in [-0.4, -0.2) is 36.6 Å². The molecular formula is C24H28N2O3. The summed E-state index contributed by atoms with van der Waals surface area (Å²) in [7, 11) is 0. The van der Waals surface area contributed by atoms with Crippen LogP contribution in [0.2, 0.25) is 0 Å². The summed E-state index contributed by atoms with van der Waals surface area (Å²) in [6.07, 6.45) is 5.22. The van der Waals surface area contributed by atoms with Gasteiger partial charge in [-0.1, -0.05) is 36.4 Å². The molecule has 1 aliphatic carbocycles. The molecule has 1 N–H and O–H groups in total. The third-order valence-electron chi connectivity index (χ3n) is 6.07. The van der Waals surface area contributed by atoms with E-state index in [4.69, 9.17) is 9.47 Å². The van der Waals surface area contributed by atoms with Gasteiger partial charge in [-0.25, -0.2) is 0 Å². The van der Waals surface area contributed by atoms with Gasteiger partial charge in [-0.15, -0.1) is 0 Å². The number of fused-ring (bicyclic) bond motifs is 1. The Morgan fingerprint density at radius 1 is 0.966 bits per heavy atom. The van der Waals surface area contributed by atoms with Gasteiger partial charge < -0.3 is 14.8 Å². The van der Waals surface area contributed by atoms with E-state index in [1.807, 2.05) is 24.3 Å². The Kier molecular flexibility index (Phi) is 5.15. The highest BCUT2D eigenvalue weighted by molar-refractivity contribution is 5.83. The number of amides is 1. The Bertz CT molecular complexity index is 866. The van der Waals surface area contributed by atoms with Gasteiger partial charge in [0, 0.05) is 18.5 Å². The van der Waals surface area contributed by atoms with Gasteiger partial charge in [0.25, 0.3) is 0 Å². The molecule has 152 valence electrons. The molecule has 2 aromatic carbocycles. The molecule has 0 aromatic heterocycles. The van der Waals surface area contributed by atoms with E-state index in [1.165, 1.54) is 5.56 Å². The van der Waals surface area contributed by atoms with Crippen LogP contribution < -0.4 is 14.8 Å². The van der Waals surface area contributed by atoms with Gasteiger partial charge in [0.15, 0.2) is 11.5 Å². The van der Waals surface area contributed by atoms with Crippen LogP contribution in [0.15, 0.2) is 48.5 Å². The molecule has 2 aliphatic heterocycles. The highest BCUT2D eigenvalue weighted by Gasteiger charge is 2.38. The van der Waals surface area contributed by atoms with E-state index in [2.05, 4.69) is 34.5 Å². The fraction of sp³-hybridized carbons (Fsp3) is 0.458. The second-order valence-corrected chi connectivity index (χ2v) is 8.25. The number of likely N-dealkylation sites (tertiary alicyclic amines) is 1. The third-order valence-corrected chi connectivity index (χ3v) is 6.07. The van der Waals surface area contributed by atoms with Crippen molar-refractivity contribution in [3.05, 3.63) is 59.7 Å². The molecule has 0 unspecified atom stereocenters. The molecular weight excluding hydrogens is 364 g/mol. The van der Waals surface area contributed by atoms with Crippen molar-refractivity contribution in [1.82, 2.24) is 10.2 Å². The first-order valence-corrected chi connectivity index (χ1v) is 10.8. The lowest BCUT2D eigenvalue weighted by Crippen LogP contribution is -2.41. The first-order valence-electron chi connectivity index (χ1n) is 10.8. The highest BCUT2D eigenvalue weighted by atomic mass is 16.5. The molecule has 5 heteroatoms. The Hall–Kier alpha value is -2.53. The van der Waals surface area contributed by atoms with Gasteiger partial charge in [0.05, 0.1) is 13.2 Å². The smallest absolute Gasteiger partial charge is 0.242 e. The topological polar surface area (TPSA) is 50.8 Å². The average Bonchev–Trinajstić information content (AvgIpc) is 3.49. The maximum Gasteiger partial charge on any atom is 0.242 e. The summed E-state index contributed by atoms with van der Waals surface area (Å²) in [6, 6.07) is 16.7. The highest BCUT2D eigenvalue weighted by Crippen LogP contribution is 2.42. The van der Waals surface area contributed by atoms with Crippen LogP contribution in [0.3, 0.4) is 0 Å². The SMILES string of the molecule is O=C(NC1CC1)[C@@H](c1ccccc1)N1CCC[C@@H]1c1ccc2c(c1)OCCCO2. The van der Waals surface area contributed by atoms with Crippen molar-refractivity contribution in [2.45, 2.75) is 50.2 Å². The first kappa shape index (κ1) is 18.5. The summed E-state index contributed by atoms with van der Waals surface area (Å²) in [4.78, 5) is 15.6. The molecule has 0 spiro atoms. The van der Waals surface area contributed by atoms with Gasteiger partial charge in [-0.05, 0) is 55.5 Å². The van der Waals surface area contributed by atoms with Crippen molar-refractivity contribution >= 4 is 5.91 Å². The minimum absolute atomic E-state index is 0.125. The molecule has 1 amide bonds. The maximum absolute atomic E-state index is 13.2. The van der Waals surface area contributed by atoms with Crippen LogP contribution in [0.5, 0.6) is 11.5 Å². The van der Waals surface area contributed by atoms with Gasteiger partial charge in [0.1, 0.15) is 6.04 Å². The second-order valence-electron chi connectivity index (χ2n) is 8.25. The normalized spacial score (nSPS) is 22.7. The van der Waals surface area contributed by atoms with Crippen LogP contribution in [0.4, 0.5) is 0 Å². The Morgan fingerprint density at radius 2 is 1.76 bits per heavy atom. The standard InChI is InChI=1S/C24H28N2O3/c27-24(25-19-10-11-19)23(17-6-2-1-3-7-17)26-13-4-8-20(26)18-9-12-21-22(16-18)29-15-5-14-28-21/h1-3,6-7,9,12,16,19-20,23H,4-5,8,10-11,13-15H2,(H,25,27)/t20-,23-/m1/s1. The van der Waals surface area contributed by atoms with Gasteiger partial charge in [-0.3, -0.25) is 9.69 Å². The molecule has 0 radical (unpaired) electrons. The van der Waals surface area contributed by atoms with Crippen molar-refractivity contribution in [3.63, 3.8) is 0 Å². The summed E-state index contributed by atoms with van der Waals surface area (Å²) in [5, 5.41) is 3.23. The summed E-state index contributed by atoms with van der Waals surface area (Å²) in [5.74, 6) is 1.77. The molecule has 2 aromatic rings. The minimum Gasteiger partial charge on any atom is -0.490 e. The lowest BCUT2D eigenvalue weighted by atomic mass is 9.99. The molecule has 1 saturated heterocycles. The quantitative estimate of drug-likeness (QED) is 0.836. The number of benzene rings is 2. The number of carbonyl (C=O) groups excluding carboxylic acids is 1. The van der Waals surface area contributed by atoms with Crippen molar-refractivity contribution in [3.8, 4) is 11.5 Å². The lowest BCUT2D eigenvalue weighted by molar-refractivity contribution is -0.127. The van der Waals surface area contributed by atoms with E-state index in [0.717, 1.165) is 55.7 Å². The van der Waals surface area contributed by atoms with Crippen LogP contribution in [-0.2, 0) is 4.79 Å². The van der Waals surface area contributed by atoms with Gasteiger partial charge in [-0.2, -0.15) is 0 Å². The Balaban J connectivity index is 1.46. The van der Waals surface area contributed by atoms with Crippen LogP contribution in [0.25, 0.3) is 0 Å². The predicted octanol–water partition coefficient (Wildman–Crippen LogP) is 4.00. The number of rotatable bonds is 5. The molecule has 5 nitrogen and oxygen atoms in total. The molecule has 5 rings (SSSR count). The number of nitrogens with one attached hydrogen (secondary N) is 1. The van der Waals surface area contributed by atoms with Crippen LogP contribution in [0, 0.1) is 0 Å². The number of hydrogen-bond acceptors (Lipinski definition) is 4. The molecule has 2 atom stereocenters. The number of hydrogen-bond donors (Lipinski definition) is 1. The zero-order chi connectivity index (χ0) is 19.6. The fourth-order valence-electron chi connectivity index (χ4n) is 4.48. The predicted molar refractivity (Wildman–Crippen MR) is 111 cm³/mol. The number of ether oxygens (including phenoxy) is 2. The van der Waals surface area contributed by atoms with Gasteiger partial charge in [0.2, 0.25) is 5.91 Å². The molecule has 0 bridgehead atoms.